The Bertz CT molecular complexity index is 436. The second-order valence-corrected chi connectivity index (χ2v) is 4.82. The van der Waals surface area contributed by atoms with E-state index in [2.05, 4.69) is 18.9 Å². The molecule has 6 heteroatoms. The molecule has 108 valence electrons. The molecule has 1 aromatic heterocycles. The van der Waals surface area contributed by atoms with E-state index in [0.717, 1.165) is 13.1 Å². The van der Waals surface area contributed by atoms with Gasteiger partial charge in [-0.2, -0.15) is 5.10 Å². The number of nitrogens with two attached hydrogens (primary N) is 1. The first-order valence-corrected chi connectivity index (χ1v) is 6.65. The summed E-state index contributed by atoms with van der Waals surface area (Å²) < 4.78 is 6.50. The Morgan fingerprint density at radius 1 is 1.42 bits per heavy atom. The Labute approximate surface area is 114 Å². The first-order chi connectivity index (χ1) is 8.96. The average Bonchev–Trinajstić information content (AvgIpc) is 2.67. The number of aromatic nitrogens is 2. The minimum atomic E-state index is -0.436. The molecule has 6 nitrogen and oxygen atoms in total. The lowest BCUT2D eigenvalue weighted by Gasteiger charge is -2.18. The SMILES string of the molecule is CCN(CC)c1nn(CC(C)C)c(N)c1C(=O)OC. The number of nitrogen functional groups attached to an aromatic ring is 1. The van der Waals surface area contributed by atoms with Crippen molar-refractivity contribution in [1.82, 2.24) is 9.78 Å². The normalized spacial score (nSPS) is 10.8. The number of anilines is 2. The summed E-state index contributed by atoms with van der Waals surface area (Å²) in [6.45, 7) is 10.4. The van der Waals surface area contributed by atoms with Gasteiger partial charge in [-0.25, -0.2) is 9.48 Å². The third kappa shape index (κ3) is 3.19. The van der Waals surface area contributed by atoms with Gasteiger partial charge in [0.05, 0.1) is 7.11 Å². The Hall–Kier alpha value is -1.72. The molecule has 2 N–H and O–H groups in total. The minimum Gasteiger partial charge on any atom is -0.465 e. The molecule has 19 heavy (non-hydrogen) atoms. The Morgan fingerprint density at radius 3 is 2.42 bits per heavy atom. The monoisotopic (exact) mass is 268 g/mol. The average molecular weight is 268 g/mol. The van der Waals surface area contributed by atoms with Crippen LogP contribution in [0.4, 0.5) is 11.6 Å². The van der Waals surface area contributed by atoms with Gasteiger partial charge in [-0.3, -0.25) is 0 Å². The van der Waals surface area contributed by atoms with E-state index in [9.17, 15) is 4.79 Å². The van der Waals surface area contributed by atoms with Crippen molar-refractivity contribution in [3.63, 3.8) is 0 Å². The van der Waals surface area contributed by atoms with Crippen LogP contribution in [-0.2, 0) is 11.3 Å². The van der Waals surface area contributed by atoms with Crippen molar-refractivity contribution in [2.75, 3.05) is 30.8 Å². The van der Waals surface area contributed by atoms with Crippen LogP contribution in [0.5, 0.6) is 0 Å². The Balaban J connectivity index is 3.30. The van der Waals surface area contributed by atoms with Gasteiger partial charge >= 0.3 is 5.97 Å². The maximum absolute atomic E-state index is 11.9. The molecule has 0 radical (unpaired) electrons. The molecule has 0 atom stereocenters. The molecule has 0 fully saturated rings. The van der Waals surface area contributed by atoms with Crippen molar-refractivity contribution in [3.05, 3.63) is 5.56 Å². The van der Waals surface area contributed by atoms with Crippen molar-refractivity contribution >= 4 is 17.6 Å². The fraction of sp³-hybridized carbons (Fsp3) is 0.692. The maximum atomic E-state index is 11.9. The molecule has 0 unspecified atom stereocenters. The van der Waals surface area contributed by atoms with Gasteiger partial charge in [0.25, 0.3) is 0 Å². The number of methoxy groups -OCH3 is 1. The zero-order valence-corrected chi connectivity index (χ0v) is 12.4. The third-order valence-corrected chi connectivity index (χ3v) is 2.96. The summed E-state index contributed by atoms with van der Waals surface area (Å²) >= 11 is 0. The van der Waals surface area contributed by atoms with Crippen molar-refractivity contribution in [3.8, 4) is 0 Å². The van der Waals surface area contributed by atoms with Crippen LogP contribution < -0.4 is 10.6 Å². The topological polar surface area (TPSA) is 73.4 Å². The first-order valence-electron chi connectivity index (χ1n) is 6.65. The summed E-state index contributed by atoms with van der Waals surface area (Å²) in [6, 6.07) is 0. The Kier molecular flexibility index (Phi) is 5.20. The highest BCUT2D eigenvalue weighted by atomic mass is 16.5. The van der Waals surface area contributed by atoms with Crippen LogP contribution in [0.2, 0.25) is 0 Å². The van der Waals surface area contributed by atoms with Crippen molar-refractivity contribution in [2.24, 2.45) is 5.92 Å². The molecule has 0 saturated carbocycles. The van der Waals surface area contributed by atoms with Crippen LogP contribution in [0, 0.1) is 5.92 Å². The number of ether oxygens (including phenoxy) is 1. The molecule has 1 aromatic rings. The van der Waals surface area contributed by atoms with Crippen LogP contribution >= 0.6 is 0 Å². The van der Waals surface area contributed by atoms with Crippen molar-refractivity contribution in [2.45, 2.75) is 34.2 Å². The van der Waals surface area contributed by atoms with Gasteiger partial charge in [-0.1, -0.05) is 13.8 Å². The van der Waals surface area contributed by atoms with Crippen LogP contribution in [-0.4, -0.2) is 35.9 Å². The molecule has 0 aromatic carbocycles. The summed E-state index contributed by atoms with van der Waals surface area (Å²) in [5.74, 6) is 0.948. The van der Waals surface area contributed by atoms with Gasteiger partial charge in [-0.15, -0.1) is 0 Å². The third-order valence-electron chi connectivity index (χ3n) is 2.96. The molecule has 0 saturated heterocycles. The smallest absolute Gasteiger partial charge is 0.345 e. The lowest BCUT2D eigenvalue weighted by Crippen LogP contribution is -2.24. The van der Waals surface area contributed by atoms with Crippen LogP contribution in [0.1, 0.15) is 38.1 Å². The fourth-order valence-electron chi connectivity index (χ4n) is 1.99. The summed E-state index contributed by atoms with van der Waals surface area (Å²) in [4.78, 5) is 13.9. The molecule has 0 aliphatic carbocycles. The predicted molar refractivity (Wildman–Crippen MR) is 76.4 cm³/mol. The number of hydrogen-bond donors (Lipinski definition) is 1. The van der Waals surface area contributed by atoms with Gasteiger partial charge in [0.2, 0.25) is 0 Å². The highest BCUT2D eigenvalue weighted by Crippen LogP contribution is 2.26. The second-order valence-electron chi connectivity index (χ2n) is 4.82. The highest BCUT2D eigenvalue weighted by molar-refractivity contribution is 5.99. The zero-order chi connectivity index (χ0) is 14.6. The van der Waals surface area contributed by atoms with E-state index in [0.29, 0.717) is 29.7 Å². The van der Waals surface area contributed by atoms with E-state index in [-0.39, 0.29) is 0 Å². The van der Waals surface area contributed by atoms with Crippen LogP contribution in [0.25, 0.3) is 0 Å². The number of esters is 1. The molecule has 1 rings (SSSR count). The van der Waals surface area contributed by atoms with E-state index in [1.54, 1.807) is 4.68 Å². The summed E-state index contributed by atoms with van der Waals surface area (Å²) in [5, 5.41) is 4.48. The standard InChI is InChI=1S/C13H24N4O2/c1-6-16(7-2)12-10(13(18)19-5)11(14)17(15-12)8-9(3)4/h9H,6-8,14H2,1-5H3. The summed E-state index contributed by atoms with van der Waals surface area (Å²) in [6.07, 6.45) is 0. The van der Waals surface area contributed by atoms with Gasteiger partial charge in [0.1, 0.15) is 11.4 Å². The number of rotatable bonds is 6. The molecule has 0 spiro atoms. The van der Waals surface area contributed by atoms with Crippen molar-refractivity contribution in [1.29, 1.82) is 0 Å². The minimum absolute atomic E-state index is 0.367. The zero-order valence-electron chi connectivity index (χ0n) is 12.4. The van der Waals surface area contributed by atoms with E-state index in [1.165, 1.54) is 7.11 Å². The molecular weight excluding hydrogens is 244 g/mol. The number of hydrogen-bond acceptors (Lipinski definition) is 5. The summed E-state index contributed by atoms with van der Waals surface area (Å²) in [5.41, 5.74) is 6.42. The molecule has 1 heterocycles. The predicted octanol–water partition coefficient (Wildman–Crippen LogP) is 1.75. The maximum Gasteiger partial charge on any atom is 0.345 e. The first kappa shape index (κ1) is 15.3. The fourth-order valence-corrected chi connectivity index (χ4v) is 1.99. The van der Waals surface area contributed by atoms with E-state index in [4.69, 9.17) is 10.5 Å². The Morgan fingerprint density at radius 2 is 2.00 bits per heavy atom. The number of carbonyl (C=O) groups excluding carboxylic acids is 1. The second kappa shape index (κ2) is 6.45. The van der Waals surface area contributed by atoms with Gasteiger partial charge in [0.15, 0.2) is 5.82 Å². The molecule has 0 amide bonds. The molecular formula is C13H24N4O2. The van der Waals surface area contributed by atoms with Crippen LogP contribution in [0.15, 0.2) is 0 Å². The largest absolute Gasteiger partial charge is 0.465 e. The van der Waals surface area contributed by atoms with Gasteiger partial charge in [-0.05, 0) is 19.8 Å². The highest BCUT2D eigenvalue weighted by Gasteiger charge is 2.25. The van der Waals surface area contributed by atoms with Crippen LogP contribution in [0.3, 0.4) is 0 Å². The quantitative estimate of drug-likeness (QED) is 0.796. The molecule has 0 bridgehead atoms. The summed E-state index contributed by atoms with van der Waals surface area (Å²) in [7, 11) is 1.35. The molecule has 0 aliphatic heterocycles. The van der Waals surface area contributed by atoms with E-state index in [1.807, 2.05) is 18.7 Å². The number of carbonyl (C=O) groups is 1. The lowest BCUT2D eigenvalue weighted by atomic mass is 10.2. The molecule has 0 aliphatic rings. The number of nitrogens with zero attached hydrogens (tertiary/aromatic N) is 3. The van der Waals surface area contributed by atoms with Gasteiger partial charge in [0, 0.05) is 19.6 Å². The van der Waals surface area contributed by atoms with Crippen molar-refractivity contribution < 1.29 is 9.53 Å². The van der Waals surface area contributed by atoms with Gasteiger partial charge < -0.3 is 15.4 Å². The lowest BCUT2D eigenvalue weighted by molar-refractivity contribution is 0.0602. The van der Waals surface area contributed by atoms with E-state index < -0.39 is 5.97 Å². The van der Waals surface area contributed by atoms with E-state index >= 15 is 0 Å².